The molecule has 44 valence electrons. The molecule has 7 heavy (non-hydrogen) atoms. The Morgan fingerprint density at radius 3 is 2.14 bits per heavy atom. The summed E-state index contributed by atoms with van der Waals surface area (Å²) in [6.07, 6.45) is 0. The quantitative estimate of drug-likeness (QED) is 0.505. The highest BCUT2D eigenvalue weighted by Gasteiger charge is 1.98. The molecule has 0 aromatic rings. The van der Waals surface area contributed by atoms with Gasteiger partial charge in [-0.3, -0.25) is 4.55 Å². The van der Waals surface area contributed by atoms with Gasteiger partial charge in [-0.1, -0.05) is 0 Å². The minimum Gasteiger partial charge on any atom is -0.366 e. The van der Waals surface area contributed by atoms with E-state index in [-0.39, 0.29) is 0 Å². The van der Waals surface area contributed by atoms with E-state index >= 15 is 0 Å². The summed E-state index contributed by atoms with van der Waals surface area (Å²) in [4.78, 5) is 0. The third kappa shape index (κ3) is 5.87. The highest BCUT2D eigenvalue weighted by molar-refractivity contribution is 7.85. The first-order valence-electron chi connectivity index (χ1n) is 1.50. The molecule has 0 aromatic carbocycles. The molecule has 0 saturated carbocycles. The maximum Gasteiger partial charge on any atom is 0.289 e. The van der Waals surface area contributed by atoms with Gasteiger partial charge in [-0.15, -0.1) is 0 Å². The molecule has 0 saturated heterocycles. The molecule has 0 radical (unpaired) electrons. The number of methoxy groups -OCH3 is 1. The summed E-state index contributed by atoms with van der Waals surface area (Å²) in [6, 6.07) is 0. The molecule has 0 rings (SSSR count). The zero-order valence-corrected chi connectivity index (χ0v) is 4.60. The van der Waals surface area contributed by atoms with Crippen LogP contribution in [-0.4, -0.2) is 26.0 Å². The Balaban J connectivity index is 3.60. The molecule has 0 bridgehead atoms. The lowest BCUT2D eigenvalue weighted by molar-refractivity contribution is 0.240. The number of rotatable bonds is 2. The first kappa shape index (κ1) is 6.87. The monoisotopic (exact) mass is 126 g/mol. The molecule has 0 fully saturated rings. The smallest absolute Gasteiger partial charge is 0.289 e. The van der Waals surface area contributed by atoms with Crippen LogP contribution in [0.25, 0.3) is 0 Å². The Hall–Kier alpha value is -0.130. The Morgan fingerprint density at radius 1 is 1.71 bits per heavy atom. The van der Waals surface area contributed by atoms with E-state index in [1.165, 1.54) is 7.11 Å². The van der Waals surface area contributed by atoms with Crippen LogP contribution in [0, 0.1) is 0 Å². The molecule has 0 aliphatic carbocycles. The zero-order chi connectivity index (χ0) is 5.91. The number of hydrogen-bond acceptors (Lipinski definition) is 3. The van der Waals surface area contributed by atoms with Gasteiger partial charge in [0.05, 0.1) is 0 Å². The molecule has 0 aliphatic rings. The topological polar surface area (TPSA) is 63.6 Å². The van der Waals surface area contributed by atoms with Crippen molar-refractivity contribution in [1.82, 2.24) is 0 Å². The van der Waals surface area contributed by atoms with Crippen LogP contribution < -0.4 is 0 Å². The predicted molar refractivity (Wildman–Crippen MR) is 23.4 cm³/mol. The molecular weight excluding hydrogens is 120 g/mol. The predicted octanol–water partition coefficient (Wildman–Crippen LogP) is -0.522. The fourth-order valence-corrected chi connectivity index (χ4v) is 0.447. The molecule has 1 N–H and O–H groups in total. The van der Waals surface area contributed by atoms with E-state index in [2.05, 4.69) is 4.74 Å². The van der Waals surface area contributed by atoms with Gasteiger partial charge in [0.1, 0.15) is 0 Å². The van der Waals surface area contributed by atoms with Crippen molar-refractivity contribution in [2.24, 2.45) is 0 Å². The maximum atomic E-state index is 9.66. The molecular formula is C2H6O4S. The van der Waals surface area contributed by atoms with Crippen molar-refractivity contribution in [3.05, 3.63) is 0 Å². The second-order valence-corrected chi connectivity index (χ2v) is 2.39. The summed E-state index contributed by atoms with van der Waals surface area (Å²) in [5, 5.41) is 0. The van der Waals surface area contributed by atoms with Gasteiger partial charge in [-0.2, -0.15) is 8.42 Å². The van der Waals surface area contributed by atoms with E-state index in [1.807, 2.05) is 0 Å². The summed E-state index contributed by atoms with van der Waals surface area (Å²) in [6.45, 7) is 0. The summed E-state index contributed by atoms with van der Waals surface area (Å²) in [5.74, 6) is -0.632. The average Bonchev–Trinajstić information content (AvgIpc) is 1.30. The van der Waals surface area contributed by atoms with E-state index in [0.717, 1.165) is 0 Å². The molecule has 4 nitrogen and oxygen atoms in total. The minimum absolute atomic E-state index is 0.632. The van der Waals surface area contributed by atoms with Crippen molar-refractivity contribution in [1.29, 1.82) is 0 Å². The van der Waals surface area contributed by atoms with Crippen molar-refractivity contribution < 1.29 is 17.7 Å². The fraction of sp³-hybridized carbons (Fsp3) is 1.00. The summed E-state index contributed by atoms with van der Waals surface area (Å²) in [7, 11) is -2.71. The minimum atomic E-state index is -3.90. The van der Waals surface area contributed by atoms with Gasteiger partial charge < -0.3 is 4.74 Å². The largest absolute Gasteiger partial charge is 0.366 e. The lowest BCUT2D eigenvalue weighted by Crippen LogP contribution is -2.04. The van der Waals surface area contributed by atoms with Crippen LogP contribution in [0.3, 0.4) is 0 Å². The summed E-state index contributed by atoms with van der Waals surface area (Å²) in [5.41, 5.74) is 0. The molecule has 0 heterocycles. The SMILES string of the molecule is COCS(=O)(=O)O. The molecule has 0 aromatic heterocycles. The number of hydrogen-bond donors (Lipinski definition) is 1. The van der Waals surface area contributed by atoms with Gasteiger partial charge in [-0.05, 0) is 0 Å². The number of ether oxygens (including phenoxy) is 1. The summed E-state index contributed by atoms with van der Waals surface area (Å²) < 4.78 is 31.3. The van der Waals surface area contributed by atoms with Crippen LogP contribution in [0.15, 0.2) is 0 Å². The normalized spacial score (nSPS) is 11.7. The molecule has 0 atom stereocenters. The van der Waals surface area contributed by atoms with Crippen LogP contribution in [0.5, 0.6) is 0 Å². The van der Waals surface area contributed by atoms with Gasteiger partial charge in [-0.25, -0.2) is 0 Å². The Bertz CT molecular complexity index is 123. The molecule has 5 heteroatoms. The lowest BCUT2D eigenvalue weighted by Gasteiger charge is -1.88. The van der Waals surface area contributed by atoms with Crippen LogP contribution in [-0.2, 0) is 14.9 Å². The van der Waals surface area contributed by atoms with E-state index < -0.39 is 16.1 Å². The second-order valence-electron chi connectivity index (χ2n) is 0.988. The van der Waals surface area contributed by atoms with Gasteiger partial charge >= 0.3 is 0 Å². The van der Waals surface area contributed by atoms with E-state index in [9.17, 15) is 8.42 Å². The zero-order valence-electron chi connectivity index (χ0n) is 3.79. The molecule has 0 unspecified atom stereocenters. The van der Waals surface area contributed by atoms with Gasteiger partial charge in [0.2, 0.25) is 0 Å². The van der Waals surface area contributed by atoms with E-state index in [0.29, 0.717) is 0 Å². The third-order valence-corrected chi connectivity index (χ3v) is 0.800. The fourth-order valence-electron chi connectivity index (χ4n) is 0.149. The Labute approximate surface area is 41.8 Å². The van der Waals surface area contributed by atoms with Gasteiger partial charge in [0, 0.05) is 7.11 Å². The van der Waals surface area contributed by atoms with Crippen molar-refractivity contribution in [3.8, 4) is 0 Å². The van der Waals surface area contributed by atoms with Crippen molar-refractivity contribution >= 4 is 10.1 Å². The van der Waals surface area contributed by atoms with E-state index in [4.69, 9.17) is 4.55 Å². The molecule has 0 aliphatic heterocycles. The first-order chi connectivity index (χ1) is 3.06. The van der Waals surface area contributed by atoms with Crippen LogP contribution in [0.1, 0.15) is 0 Å². The van der Waals surface area contributed by atoms with Crippen molar-refractivity contribution in [3.63, 3.8) is 0 Å². The Morgan fingerprint density at radius 2 is 2.14 bits per heavy atom. The van der Waals surface area contributed by atoms with Crippen LogP contribution in [0.4, 0.5) is 0 Å². The average molecular weight is 126 g/mol. The third-order valence-electron chi connectivity index (χ3n) is 0.267. The highest BCUT2D eigenvalue weighted by atomic mass is 32.2. The first-order valence-corrected chi connectivity index (χ1v) is 3.11. The maximum absolute atomic E-state index is 9.66. The van der Waals surface area contributed by atoms with Crippen LogP contribution >= 0.6 is 0 Å². The molecule has 0 amide bonds. The van der Waals surface area contributed by atoms with E-state index in [1.54, 1.807) is 0 Å². The lowest BCUT2D eigenvalue weighted by atomic mass is 11.5. The molecule has 0 spiro atoms. The van der Waals surface area contributed by atoms with Crippen molar-refractivity contribution in [2.75, 3.05) is 13.0 Å². The van der Waals surface area contributed by atoms with Crippen LogP contribution in [0.2, 0.25) is 0 Å². The standard InChI is InChI=1S/C2H6O4S/c1-6-2-7(3,4)5/h2H2,1H3,(H,3,4,5). The van der Waals surface area contributed by atoms with Crippen molar-refractivity contribution in [2.45, 2.75) is 0 Å². The summed E-state index contributed by atoms with van der Waals surface area (Å²) >= 11 is 0. The van der Waals surface area contributed by atoms with Gasteiger partial charge in [0.25, 0.3) is 10.1 Å². The highest BCUT2D eigenvalue weighted by Crippen LogP contribution is 1.78. The van der Waals surface area contributed by atoms with Gasteiger partial charge in [0.15, 0.2) is 5.94 Å². The second kappa shape index (κ2) is 2.25. The Kier molecular flexibility index (Phi) is 2.21.